The van der Waals surface area contributed by atoms with Crippen LogP contribution in [-0.4, -0.2) is 51.8 Å². The Morgan fingerprint density at radius 1 is 1.00 bits per heavy atom. The molecule has 5 rings (SSSR count). The predicted molar refractivity (Wildman–Crippen MR) is 120 cm³/mol. The second-order valence-corrected chi connectivity index (χ2v) is 8.99. The third-order valence-corrected chi connectivity index (χ3v) is 6.38. The molecular formula is C25H25N3O5. The minimum atomic E-state index is -1.11. The van der Waals surface area contributed by atoms with Crippen molar-refractivity contribution in [3.63, 3.8) is 0 Å². The van der Waals surface area contributed by atoms with Crippen molar-refractivity contribution in [3.8, 4) is 0 Å². The van der Waals surface area contributed by atoms with Crippen molar-refractivity contribution in [1.82, 2.24) is 10.2 Å². The number of aromatic carboxylic acids is 1. The molecule has 1 aliphatic heterocycles. The van der Waals surface area contributed by atoms with Crippen LogP contribution in [0.15, 0.2) is 48.5 Å². The Balaban J connectivity index is 1.32. The molecule has 0 bridgehead atoms. The zero-order valence-electron chi connectivity index (χ0n) is 18.1. The van der Waals surface area contributed by atoms with E-state index in [9.17, 15) is 24.3 Å². The zero-order chi connectivity index (χ0) is 23.1. The number of nitrogens with zero attached hydrogens (tertiary/aromatic N) is 2. The summed E-state index contributed by atoms with van der Waals surface area (Å²) in [5, 5.41) is 12.2. The fourth-order valence-corrected chi connectivity index (χ4v) is 4.29. The van der Waals surface area contributed by atoms with Gasteiger partial charge in [-0.2, -0.15) is 0 Å². The number of rotatable bonds is 8. The van der Waals surface area contributed by atoms with Gasteiger partial charge in [0, 0.05) is 24.2 Å². The van der Waals surface area contributed by atoms with E-state index >= 15 is 0 Å². The molecule has 0 radical (unpaired) electrons. The number of imide groups is 1. The van der Waals surface area contributed by atoms with E-state index in [-0.39, 0.29) is 41.4 Å². The third-order valence-electron chi connectivity index (χ3n) is 6.38. The second kappa shape index (κ2) is 8.44. The Morgan fingerprint density at radius 3 is 2.36 bits per heavy atom. The first-order chi connectivity index (χ1) is 15.9. The molecule has 2 aliphatic carbocycles. The van der Waals surface area contributed by atoms with Gasteiger partial charge >= 0.3 is 5.97 Å². The van der Waals surface area contributed by atoms with Crippen LogP contribution in [0.4, 0.5) is 5.69 Å². The number of carboxylic acid groups (broad SMARTS) is 1. The van der Waals surface area contributed by atoms with Crippen LogP contribution in [0.5, 0.6) is 0 Å². The van der Waals surface area contributed by atoms with Crippen molar-refractivity contribution in [2.45, 2.75) is 56.8 Å². The van der Waals surface area contributed by atoms with E-state index in [1.165, 1.54) is 18.2 Å². The van der Waals surface area contributed by atoms with Crippen molar-refractivity contribution in [3.05, 3.63) is 65.2 Å². The number of anilines is 1. The standard InChI is InChI=1S/C25H25N3O5/c29-22-13-21(24(31)28(22)20-3-1-2-17(12-20)25(32)33)27(19-10-11-19)14-15-4-6-16(7-5-15)23(30)26-18-8-9-18/h1-7,12,18-19,21H,8-11,13-14H2,(H,26,30)(H,32,33). The molecule has 1 atom stereocenters. The Bertz CT molecular complexity index is 1120. The van der Waals surface area contributed by atoms with Gasteiger partial charge in [-0.1, -0.05) is 18.2 Å². The van der Waals surface area contributed by atoms with Gasteiger partial charge in [-0.05, 0) is 61.6 Å². The Kier molecular flexibility index (Phi) is 5.46. The third kappa shape index (κ3) is 4.52. The maximum atomic E-state index is 13.3. The average molecular weight is 447 g/mol. The molecule has 33 heavy (non-hydrogen) atoms. The van der Waals surface area contributed by atoms with Gasteiger partial charge in [-0.15, -0.1) is 0 Å². The highest BCUT2D eigenvalue weighted by Crippen LogP contribution is 2.35. The number of carbonyl (C=O) groups is 4. The molecule has 3 fully saturated rings. The molecular weight excluding hydrogens is 422 g/mol. The van der Waals surface area contributed by atoms with Crippen LogP contribution in [0.1, 0.15) is 58.4 Å². The smallest absolute Gasteiger partial charge is 0.335 e. The first-order valence-corrected chi connectivity index (χ1v) is 11.3. The van der Waals surface area contributed by atoms with Gasteiger partial charge in [-0.25, -0.2) is 9.69 Å². The van der Waals surface area contributed by atoms with Gasteiger partial charge in [0.25, 0.3) is 11.8 Å². The van der Waals surface area contributed by atoms with Crippen molar-refractivity contribution in [2.24, 2.45) is 0 Å². The van der Waals surface area contributed by atoms with Gasteiger partial charge < -0.3 is 10.4 Å². The van der Waals surface area contributed by atoms with E-state index in [1.807, 2.05) is 12.1 Å². The fraction of sp³-hybridized carbons (Fsp3) is 0.360. The largest absolute Gasteiger partial charge is 0.478 e. The monoisotopic (exact) mass is 447 g/mol. The normalized spacial score (nSPS) is 20.4. The van der Waals surface area contributed by atoms with Crippen LogP contribution < -0.4 is 10.2 Å². The molecule has 0 aromatic heterocycles. The van der Waals surface area contributed by atoms with Gasteiger partial charge in [0.2, 0.25) is 5.91 Å². The molecule has 2 aromatic carbocycles. The summed E-state index contributed by atoms with van der Waals surface area (Å²) in [5.74, 6) is -1.83. The van der Waals surface area contributed by atoms with Crippen LogP contribution in [0.25, 0.3) is 0 Å². The highest BCUT2D eigenvalue weighted by molar-refractivity contribution is 6.22. The number of hydrogen-bond donors (Lipinski definition) is 2. The number of hydrogen-bond acceptors (Lipinski definition) is 5. The van der Waals surface area contributed by atoms with Crippen LogP contribution >= 0.6 is 0 Å². The lowest BCUT2D eigenvalue weighted by atomic mass is 10.1. The number of benzene rings is 2. The molecule has 2 saturated carbocycles. The number of carboxylic acids is 1. The summed E-state index contributed by atoms with van der Waals surface area (Å²) in [6, 6.07) is 13.2. The van der Waals surface area contributed by atoms with E-state index in [1.54, 1.807) is 18.2 Å². The first kappa shape index (κ1) is 21.3. The molecule has 2 N–H and O–H groups in total. The summed E-state index contributed by atoms with van der Waals surface area (Å²) in [7, 11) is 0. The number of amides is 3. The summed E-state index contributed by atoms with van der Waals surface area (Å²) in [4.78, 5) is 52.8. The van der Waals surface area contributed by atoms with E-state index < -0.39 is 12.0 Å². The maximum Gasteiger partial charge on any atom is 0.335 e. The fourth-order valence-electron chi connectivity index (χ4n) is 4.29. The van der Waals surface area contributed by atoms with Crippen LogP contribution in [-0.2, 0) is 16.1 Å². The quantitative estimate of drug-likeness (QED) is 0.603. The molecule has 3 aliphatic rings. The lowest BCUT2D eigenvalue weighted by Gasteiger charge is -2.27. The summed E-state index contributed by atoms with van der Waals surface area (Å²) in [6.45, 7) is 0.502. The molecule has 1 saturated heterocycles. The van der Waals surface area contributed by atoms with Crippen LogP contribution in [0.3, 0.4) is 0 Å². The molecule has 0 spiro atoms. The molecule has 3 amide bonds. The average Bonchev–Trinajstić information content (AvgIpc) is 3.72. The first-order valence-electron chi connectivity index (χ1n) is 11.3. The predicted octanol–water partition coefficient (Wildman–Crippen LogP) is 2.57. The van der Waals surface area contributed by atoms with Crippen molar-refractivity contribution >= 4 is 29.4 Å². The van der Waals surface area contributed by atoms with Crippen molar-refractivity contribution < 1.29 is 24.3 Å². The SMILES string of the molecule is O=C(O)c1cccc(N2C(=O)CC(N(Cc3ccc(C(=O)NC4CC4)cc3)C3CC3)C2=O)c1. The van der Waals surface area contributed by atoms with E-state index in [0.29, 0.717) is 18.2 Å². The second-order valence-electron chi connectivity index (χ2n) is 8.99. The molecule has 170 valence electrons. The maximum absolute atomic E-state index is 13.3. The summed E-state index contributed by atoms with van der Waals surface area (Å²) < 4.78 is 0. The molecule has 2 aromatic rings. The summed E-state index contributed by atoms with van der Waals surface area (Å²) in [6.07, 6.45) is 4.06. The lowest BCUT2D eigenvalue weighted by molar-refractivity contribution is -0.123. The van der Waals surface area contributed by atoms with Gasteiger partial charge in [0.15, 0.2) is 0 Å². The molecule has 8 nitrogen and oxygen atoms in total. The number of carbonyl (C=O) groups excluding carboxylic acids is 3. The molecule has 8 heteroatoms. The van der Waals surface area contributed by atoms with E-state index in [2.05, 4.69) is 10.2 Å². The van der Waals surface area contributed by atoms with E-state index in [4.69, 9.17) is 0 Å². The Labute approximate surface area is 191 Å². The topological polar surface area (TPSA) is 107 Å². The van der Waals surface area contributed by atoms with Crippen LogP contribution in [0.2, 0.25) is 0 Å². The van der Waals surface area contributed by atoms with Gasteiger partial charge in [0.1, 0.15) is 0 Å². The molecule has 1 unspecified atom stereocenters. The molecule has 1 heterocycles. The zero-order valence-corrected chi connectivity index (χ0v) is 18.1. The highest BCUT2D eigenvalue weighted by atomic mass is 16.4. The minimum Gasteiger partial charge on any atom is -0.478 e. The van der Waals surface area contributed by atoms with E-state index in [0.717, 1.165) is 36.1 Å². The van der Waals surface area contributed by atoms with Crippen molar-refractivity contribution in [1.29, 1.82) is 0 Å². The van der Waals surface area contributed by atoms with Gasteiger partial charge in [-0.3, -0.25) is 19.3 Å². The summed E-state index contributed by atoms with van der Waals surface area (Å²) >= 11 is 0. The summed E-state index contributed by atoms with van der Waals surface area (Å²) in [5.41, 5.74) is 1.90. The van der Waals surface area contributed by atoms with Crippen molar-refractivity contribution in [2.75, 3.05) is 4.90 Å². The minimum absolute atomic E-state index is 0.0291. The van der Waals surface area contributed by atoms with Gasteiger partial charge in [0.05, 0.1) is 23.7 Å². The Hall–Kier alpha value is -3.52. The lowest BCUT2D eigenvalue weighted by Crippen LogP contribution is -2.43. The highest BCUT2D eigenvalue weighted by Gasteiger charge is 2.46. The van der Waals surface area contributed by atoms with Crippen LogP contribution in [0, 0.1) is 0 Å². The number of nitrogens with one attached hydrogen (secondary N) is 1. The Morgan fingerprint density at radius 2 is 1.73 bits per heavy atom.